The van der Waals surface area contributed by atoms with E-state index in [2.05, 4.69) is 10.3 Å². The molecular weight excluding hydrogens is 308 g/mol. The molecule has 0 aliphatic heterocycles. The van der Waals surface area contributed by atoms with Gasteiger partial charge in [0, 0.05) is 19.2 Å². The van der Waals surface area contributed by atoms with E-state index in [0.29, 0.717) is 30.2 Å². The molecular formula is C18H18N2O4. The van der Waals surface area contributed by atoms with Crippen molar-refractivity contribution in [1.82, 2.24) is 4.98 Å². The number of carbonyl (C=O) groups is 2. The van der Waals surface area contributed by atoms with E-state index in [1.54, 1.807) is 18.3 Å². The van der Waals surface area contributed by atoms with Crippen molar-refractivity contribution in [2.24, 2.45) is 5.92 Å². The van der Waals surface area contributed by atoms with Crippen LogP contribution in [0.2, 0.25) is 0 Å². The Morgan fingerprint density at radius 1 is 1.21 bits per heavy atom. The lowest BCUT2D eigenvalue weighted by molar-refractivity contribution is -0.142. The number of benzene rings is 1. The zero-order chi connectivity index (χ0) is 17.1. The molecule has 1 aliphatic rings. The number of nitrogens with zero attached hydrogens (tertiary/aromatic N) is 1. The number of rotatable bonds is 4. The topological polar surface area (TPSA) is 88.5 Å². The highest BCUT2D eigenvalue weighted by Gasteiger charge is 2.24. The van der Waals surface area contributed by atoms with Crippen molar-refractivity contribution in [3.63, 3.8) is 0 Å². The Balaban J connectivity index is 1.78. The molecule has 0 bridgehead atoms. The first kappa shape index (κ1) is 16.0. The van der Waals surface area contributed by atoms with Crippen LogP contribution in [-0.2, 0) is 22.4 Å². The Hall–Kier alpha value is -2.89. The predicted molar refractivity (Wildman–Crippen MR) is 88.2 cm³/mol. The second kappa shape index (κ2) is 6.70. The molecule has 2 N–H and O–H groups in total. The number of amides is 1. The summed E-state index contributed by atoms with van der Waals surface area (Å²) >= 11 is 0. The van der Waals surface area contributed by atoms with Crippen LogP contribution in [0.1, 0.15) is 24.5 Å². The van der Waals surface area contributed by atoms with Crippen LogP contribution in [0.25, 0.3) is 0 Å². The summed E-state index contributed by atoms with van der Waals surface area (Å²) in [5, 5.41) is 11.8. The fourth-order valence-corrected chi connectivity index (χ4v) is 2.87. The second-order valence-corrected chi connectivity index (χ2v) is 5.87. The fourth-order valence-electron chi connectivity index (χ4n) is 2.87. The molecule has 0 radical (unpaired) electrons. The zero-order valence-corrected chi connectivity index (χ0v) is 13.3. The number of aromatic nitrogens is 1. The van der Waals surface area contributed by atoms with Gasteiger partial charge in [0.1, 0.15) is 17.3 Å². The Bertz CT molecular complexity index is 788. The average molecular weight is 326 g/mol. The van der Waals surface area contributed by atoms with Gasteiger partial charge in [-0.1, -0.05) is 6.07 Å². The molecule has 3 rings (SSSR count). The number of fused-ring (bicyclic) bond motifs is 1. The highest BCUT2D eigenvalue weighted by atomic mass is 16.5. The van der Waals surface area contributed by atoms with Crippen molar-refractivity contribution in [3.05, 3.63) is 47.7 Å². The molecule has 1 aliphatic carbocycles. The van der Waals surface area contributed by atoms with E-state index in [-0.39, 0.29) is 11.8 Å². The Morgan fingerprint density at radius 2 is 2.00 bits per heavy atom. The van der Waals surface area contributed by atoms with Crippen molar-refractivity contribution < 1.29 is 19.4 Å². The van der Waals surface area contributed by atoms with Gasteiger partial charge in [-0.2, -0.15) is 0 Å². The lowest BCUT2D eigenvalue weighted by atomic mass is 9.84. The van der Waals surface area contributed by atoms with Gasteiger partial charge in [0.2, 0.25) is 5.91 Å². The molecule has 2 aromatic rings. The van der Waals surface area contributed by atoms with Gasteiger partial charge in [0.25, 0.3) is 0 Å². The summed E-state index contributed by atoms with van der Waals surface area (Å²) in [6, 6.07) is 9.09. The van der Waals surface area contributed by atoms with Crippen molar-refractivity contribution in [2.45, 2.75) is 26.2 Å². The first-order valence-corrected chi connectivity index (χ1v) is 7.77. The van der Waals surface area contributed by atoms with Gasteiger partial charge >= 0.3 is 5.97 Å². The van der Waals surface area contributed by atoms with Crippen LogP contribution in [0.4, 0.5) is 5.82 Å². The fraction of sp³-hybridized carbons (Fsp3) is 0.278. The third-order valence-electron chi connectivity index (χ3n) is 4.03. The van der Waals surface area contributed by atoms with Crippen LogP contribution in [-0.4, -0.2) is 22.0 Å². The third kappa shape index (κ3) is 3.71. The van der Waals surface area contributed by atoms with Gasteiger partial charge in [0.05, 0.1) is 5.92 Å². The van der Waals surface area contributed by atoms with Crippen LogP contribution in [0, 0.1) is 5.92 Å². The number of aryl methyl sites for hydroxylation is 1. The minimum atomic E-state index is -0.749. The number of pyridine rings is 1. The maximum absolute atomic E-state index is 11.2. The van der Waals surface area contributed by atoms with Crippen LogP contribution >= 0.6 is 0 Å². The van der Waals surface area contributed by atoms with E-state index >= 15 is 0 Å². The molecule has 1 atom stereocenters. The molecule has 1 aromatic carbocycles. The maximum atomic E-state index is 11.2. The van der Waals surface area contributed by atoms with Gasteiger partial charge in [-0.25, -0.2) is 4.98 Å². The van der Waals surface area contributed by atoms with Gasteiger partial charge in [-0.05, 0) is 48.6 Å². The number of carboxylic acids is 1. The number of hydrogen-bond donors (Lipinski definition) is 2. The third-order valence-corrected chi connectivity index (χ3v) is 4.03. The van der Waals surface area contributed by atoms with Gasteiger partial charge in [-0.3, -0.25) is 9.59 Å². The summed E-state index contributed by atoms with van der Waals surface area (Å²) in [7, 11) is 0. The minimum absolute atomic E-state index is 0.201. The molecule has 6 heteroatoms. The number of hydrogen-bond acceptors (Lipinski definition) is 4. The molecule has 1 aromatic heterocycles. The highest BCUT2D eigenvalue weighted by molar-refractivity contribution is 5.87. The Kier molecular flexibility index (Phi) is 4.46. The summed E-state index contributed by atoms with van der Waals surface area (Å²) in [6.07, 6.45) is 3.52. The quantitative estimate of drug-likeness (QED) is 0.901. The first-order valence-electron chi connectivity index (χ1n) is 7.77. The number of aliphatic carboxylic acids is 1. The summed E-state index contributed by atoms with van der Waals surface area (Å²) in [4.78, 5) is 26.3. The molecule has 0 saturated carbocycles. The van der Waals surface area contributed by atoms with Crippen molar-refractivity contribution in [3.8, 4) is 11.5 Å². The molecule has 24 heavy (non-hydrogen) atoms. The maximum Gasteiger partial charge on any atom is 0.306 e. The largest absolute Gasteiger partial charge is 0.481 e. The molecule has 1 amide bonds. The van der Waals surface area contributed by atoms with Crippen molar-refractivity contribution in [2.75, 3.05) is 5.32 Å². The van der Waals surface area contributed by atoms with Gasteiger partial charge in [-0.15, -0.1) is 0 Å². The summed E-state index contributed by atoms with van der Waals surface area (Å²) in [6.45, 7) is 1.41. The minimum Gasteiger partial charge on any atom is -0.481 e. The van der Waals surface area contributed by atoms with Crippen LogP contribution in [0.5, 0.6) is 11.5 Å². The number of carbonyl (C=O) groups excluding carboxylic acids is 1. The summed E-state index contributed by atoms with van der Waals surface area (Å²) in [5.74, 6) is 0.331. The van der Waals surface area contributed by atoms with E-state index < -0.39 is 5.97 Å². The predicted octanol–water partition coefficient (Wildman–Crippen LogP) is 3.02. The van der Waals surface area contributed by atoms with Crippen molar-refractivity contribution >= 4 is 17.7 Å². The van der Waals surface area contributed by atoms with E-state index in [1.165, 1.54) is 12.5 Å². The second-order valence-electron chi connectivity index (χ2n) is 5.87. The Morgan fingerprint density at radius 3 is 2.75 bits per heavy atom. The molecule has 0 spiro atoms. The van der Waals surface area contributed by atoms with Gasteiger partial charge in [0.15, 0.2) is 0 Å². The van der Waals surface area contributed by atoms with Crippen LogP contribution < -0.4 is 10.1 Å². The molecule has 0 saturated heterocycles. The van der Waals surface area contributed by atoms with Crippen LogP contribution in [0.15, 0.2) is 36.5 Å². The highest BCUT2D eigenvalue weighted by Crippen LogP contribution is 2.31. The van der Waals surface area contributed by atoms with E-state index in [4.69, 9.17) is 4.74 Å². The summed E-state index contributed by atoms with van der Waals surface area (Å²) < 4.78 is 5.82. The standard InChI is InChI=1S/C18H18N2O4/c1-11(21)20-17-10-16(6-7-19-17)24-15-5-4-12-2-3-13(18(22)23)8-14(12)9-15/h4-7,9-10,13H,2-3,8H2,1H3,(H,22,23)(H,19,20,21)/t13-/m0/s1. The molecule has 124 valence electrons. The molecule has 1 heterocycles. The van der Waals surface area contributed by atoms with E-state index in [0.717, 1.165) is 12.0 Å². The smallest absolute Gasteiger partial charge is 0.306 e. The van der Waals surface area contributed by atoms with Crippen LogP contribution in [0.3, 0.4) is 0 Å². The van der Waals surface area contributed by atoms with Gasteiger partial charge < -0.3 is 15.2 Å². The first-order chi connectivity index (χ1) is 11.5. The normalized spacial score (nSPS) is 16.1. The summed E-state index contributed by atoms with van der Waals surface area (Å²) in [5.41, 5.74) is 2.19. The molecule has 6 nitrogen and oxygen atoms in total. The number of nitrogens with one attached hydrogen (secondary N) is 1. The van der Waals surface area contributed by atoms with E-state index in [9.17, 15) is 14.7 Å². The SMILES string of the molecule is CC(=O)Nc1cc(Oc2ccc3c(c2)C[C@@H](C(=O)O)CC3)ccn1. The molecule has 0 unspecified atom stereocenters. The zero-order valence-electron chi connectivity index (χ0n) is 13.3. The van der Waals surface area contributed by atoms with E-state index in [1.807, 2.05) is 18.2 Å². The number of anilines is 1. The lowest BCUT2D eigenvalue weighted by Gasteiger charge is -2.22. The number of ether oxygens (including phenoxy) is 1. The lowest BCUT2D eigenvalue weighted by Crippen LogP contribution is -2.22. The Labute approximate surface area is 139 Å². The monoisotopic (exact) mass is 326 g/mol. The average Bonchev–Trinajstić information content (AvgIpc) is 2.54. The molecule has 0 fully saturated rings. The van der Waals surface area contributed by atoms with Crippen molar-refractivity contribution in [1.29, 1.82) is 0 Å². The number of carboxylic acid groups (broad SMARTS) is 1.